The molecule has 1 amide bonds. The highest BCUT2D eigenvalue weighted by Crippen LogP contribution is 2.34. The fraction of sp³-hybridized carbons (Fsp3) is 0.636. The molecule has 7 heteroatoms. The first-order valence-corrected chi connectivity index (χ1v) is 10.6. The predicted molar refractivity (Wildman–Crippen MR) is 112 cm³/mol. The number of halogens is 1. The van der Waals surface area contributed by atoms with Gasteiger partial charge in [-0.3, -0.25) is 4.79 Å². The Bertz CT molecular complexity index is 688. The van der Waals surface area contributed by atoms with Gasteiger partial charge in [-0.25, -0.2) is 4.79 Å². The second kappa shape index (κ2) is 10.8. The number of amides is 1. The summed E-state index contributed by atoms with van der Waals surface area (Å²) in [6.45, 7) is 9.16. The van der Waals surface area contributed by atoms with E-state index in [-0.39, 0.29) is 37.1 Å². The van der Waals surface area contributed by atoms with Gasteiger partial charge in [-0.05, 0) is 58.2 Å². The molecule has 1 aromatic carbocycles. The van der Waals surface area contributed by atoms with Crippen molar-refractivity contribution >= 4 is 23.7 Å². The van der Waals surface area contributed by atoms with Crippen molar-refractivity contribution in [2.24, 2.45) is 5.92 Å². The third-order valence-electron chi connectivity index (χ3n) is 4.62. The van der Waals surface area contributed by atoms with Crippen LogP contribution < -0.4 is 0 Å². The van der Waals surface area contributed by atoms with Gasteiger partial charge in [-0.15, -0.1) is 0 Å². The average Bonchev–Trinajstić information content (AvgIpc) is 2.64. The Kier molecular flexibility index (Phi) is 8.78. The molecule has 0 aliphatic carbocycles. The molecule has 0 N–H and O–H groups in total. The fourth-order valence-electron chi connectivity index (χ4n) is 3.44. The lowest BCUT2D eigenvalue weighted by Crippen LogP contribution is -2.44. The first-order valence-electron chi connectivity index (χ1n) is 10.2. The largest absolute Gasteiger partial charge is 0.466 e. The van der Waals surface area contributed by atoms with Crippen LogP contribution in [0.4, 0.5) is 4.79 Å². The van der Waals surface area contributed by atoms with Crippen molar-refractivity contribution < 1.29 is 23.8 Å². The average molecular weight is 426 g/mol. The van der Waals surface area contributed by atoms with Crippen molar-refractivity contribution in [3.63, 3.8) is 0 Å². The molecule has 2 atom stereocenters. The number of carbonyl (C=O) groups is 2. The van der Waals surface area contributed by atoms with E-state index in [1.165, 1.54) is 0 Å². The van der Waals surface area contributed by atoms with Crippen LogP contribution in [0.5, 0.6) is 0 Å². The zero-order valence-electron chi connectivity index (χ0n) is 17.8. The molecule has 1 aliphatic rings. The quantitative estimate of drug-likeness (QED) is 0.575. The number of rotatable bonds is 7. The summed E-state index contributed by atoms with van der Waals surface area (Å²) in [5.41, 5.74) is 0.407. The highest BCUT2D eigenvalue weighted by atomic mass is 35.5. The minimum absolute atomic E-state index is 0.0805. The zero-order valence-corrected chi connectivity index (χ0v) is 18.5. The molecule has 0 spiro atoms. The standard InChI is InChI=1S/C22H32ClNO5/c1-5-27-19(25)11-13-28-20(16-8-6-10-18(23)14-16)17-9-7-12-24(15-17)21(26)29-22(2,3)4/h6,8,10,14,17,20H,5,7,9,11-13,15H2,1-4H3/t17-,20?/m1/s1. The van der Waals surface area contributed by atoms with Crippen LogP contribution >= 0.6 is 11.6 Å². The van der Waals surface area contributed by atoms with Crippen molar-refractivity contribution in [2.75, 3.05) is 26.3 Å². The Morgan fingerprint density at radius 2 is 2.07 bits per heavy atom. The van der Waals surface area contributed by atoms with E-state index in [1.807, 2.05) is 45.0 Å². The molecule has 162 valence electrons. The lowest BCUT2D eigenvalue weighted by molar-refractivity contribution is -0.145. The number of likely N-dealkylation sites (tertiary alicyclic amines) is 1. The summed E-state index contributed by atoms with van der Waals surface area (Å²) in [7, 11) is 0. The van der Waals surface area contributed by atoms with Crippen molar-refractivity contribution in [3.8, 4) is 0 Å². The molecule has 1 aromatic rings. The van der Waals surface area contributed by atoms with Gasteiger partial charge in [0.25, 0.3) is 0 Å². The van der Waals surface area contributed by atoms with Crippen molar-refractivity contribution in [3.05, 3.63) is 34.9 Å². The van der Waals surface area contributed by atoms with Crippen LogP contribution in [0.25, 0.3) is 0 Å². The molecule has 1 fully saturated rings. The molecular formula is C22H32ClNO5. The third kappa shape index (κ3) is 7.86. The number of nitrogens with zero attached hydrogens (tertiary/aromatic N) is 1. The van der Waals surface area contributed by atoms with Crippen LogP contribution in [0.1, 0.15) is 58.6 Å². The summed E-state index contributed by atoms with van der Waals surface area (Å²) >= 11 is 6.19. The Hall–Kier alpha value is -1.79. The highest BCUT2D eigenvalue weighted by Gasteiger charge is 2.33. The molecule has 0 radical (unpaired) electrons. The minimum Gasteiger partial charge on any atom is -0.466 e. The number of ether oxygens (including phenoxy) is 3. The Morgan fingerprint density at radius 3 is 2.72 bits per heavy atom. The molecule has 1 aliphatic heterocycles. The second-order valence-electron chi connectivity index (χ2n) is 8.23. The van der Waals surface area contributed by atoms with Gasteiger partial charge in [0.15, 0.2) is 0 Å². The maximum Gasteiger partial charge on any atom is 0.410 e. The van der Waals surface area contributed by atoms with Gasteiger partial charge in [0, 0.05) is 24.0 Å². The van der Waals surface area contributed by atoms with Crippen LogP contribution in [-0.2, 0) is 19.0 Å². The summed E-state index contributed by atoms with van der Waals surface area (Å²) in [6.07, 6.45) is 1.39. The summed E-state index contributed by atoms with van der Waals surface area (Å²) in [5, 5.41) is 0.626. The van der Waals surface area contributed by atoms with E-state index < -0.39 is 5.60 Å². The minimum atomic E-state index is -0.535. The summed E-state index contributed by atoms with van der Waals surface area (Å²) in [4.78, 5) is 25.9. The van der Waals surface area contributed by atoms with E-state index in [0.717, 1.165) is 18.4 Å². The van der Waals surface area contributed by atoms with Crippen molar-refractivity contribution in [1.29, 1.82) is 0 Å². The van der Waals surface area contributed by atoms with Crippen molar-refractivity contribution in [2.45, 2.75) is 58.7 Å². The topological polar surface area (TPSA) is 65.1 Å². The van der Waals surface area contributed by atoms with Crippen LogP contribution in [0.15, 0.2) is 24.3 Å². The van der Waals surface area contributed by atoms with Crippen LogP contribution in [0.3, 0.4) is 0 Å². The molecule has 1 unspecified atom stereocenters. The zero-order chi connectivity index (χ0) is 21.4. The van der Waals surface area contributed by atoms with E-state index in [4.69, 9.17) is 25.8 Å². The Balaban J connectivity index is 2.10. The first-order chi connectivity index (χ1) is 13.7. The Labute approximate surface area is 178 Å². The number of hydrogen-bond donors (Lipinski definition) is 0. The summed E-state index contributed by atoms with van der Waals surface area (Å²) in [6, 6.07) is 7.54. The van der Waals surface area contributed by atoms with Crippen LogP contribution in [0.2, 0.25) is 5.02 Å². The second-order valence-corrected chi connectivity index (χ2v) is 8.67. The van der Waals surface area contributed by atoms with Gasteiger partial charge in [-0.2, -0.15) is 0 Å². The molecule has 0 bridgehead atoms. The maximum absolute atomic E-state index is 12.5. The van der Waals surface area contributed by atoms with E-state index >= 15 is 0 Å². The predicted octanol–water partition coefficient (Wildman–Crippen LogP) is 5.00. The third-order valence-corrected chi connectivity index (χ3v) is 4.86. The summed E-state index contributed by atoms with van der Waals surface area (Å²) in [5.74, 6) is -0.201. The molecule has 29 heavy (non-hydrogen) atoms. The van der Waals surface area contributed by atoms with Crippen LogP contribution in [0, 0.1) is 5.92 Å². The molecule has 0 aromatic heterocycles. The Morgan fingerprint density at radius 1 is 1.31 bits per heavy atom. The number of carbonyl (C=O) groups excluding carboxylic acids is 2. The lowest BCUT2D eigenvalue weighted by Gasteiger charge is -2.37. The van der Waals surface area contributed by atoms with Gasteiger partial charge in [-0.1, -0.05) is 23.7 Å². The van der Waals surface area contributed by atoms with Gasteiger partial charge in [0.1, 0.15) is 5.60 Å². The monoisotopic (exact) mass is 425 g/mol. The first kappa shape index (κ1) is 23.5. The van der Waals surface area contributed by atoms with E-state index in [1.54, 1.807) is 11.8 Å². The van der Waals surface area contributed by atoms with Gasteiger partial charge in [0.2, 0.25) is 0 Å². The van der Waals surface area contributed by atoms with E-state index in [2.05, 4.69) is 0 Å². The number of esters is 1. The lowest BCUT2D eigenvalue weighted by atomic mass is 9.88. The van der Waals surface area contributed by atoms with Gasteiger partial charge >= 0.3 is 12.1 Å². The number of hydrogen-bond acceptors (Lipinski definition) is 5. The van der Waals surface area contributed by atoms with Crippen LogP contribution in [-0.4, -0.2) is 48.9 Å². The smallest absolute Gasteiger partial charge is 0.410 e. The normalized spacial score (nSPS) is 18.2. The highest BCUT2D eigenvalue weighted by molar-refractivity contribution is 6.30. The van der Waals surface area contributed by atoms with Crippen molar-refractivity contribution in [1.82, 2.24) is 4.90 Å². The SMILES string of the molecule is CCOC(=O)CCOC(c1cccc(Cl)c1)[C@@H]1CCCN(C(=O)OC(C)(C)C)C1. The number of piperidine rings is 1. The molecule has 6 nitrogen and oxygen atoms in total. The number of benzene rings is 1. The molecule has 1 heterocycles. The molecule has 2 rings (SSSR count). The molecular weight excluding hydrogens is 394 g/mol. The molecule has 0 saturated carbocycles. The molecule has 1 saturated heterocycles. The van der Waals surface area contributed by atoms with E-state index in [0.29, 0.717) is 24.7 Å². The van der Waals surface area contributed by atoms with Gasteiger partial charge < -0.3 is 19.1 Å². The van der Waals surface area contributed by atoms with Gasteiger partial charge in [0.05, 0.1) is 25.7 Å². The van der Waals surface area contributed by atoms with E-state index in [9.17, 15) is 9.59 Å². The summed E-state index contributed by atoms with van der Waals surface area (Å²) < 4.78 is 16.6. The fourth-order valence-corrected chi connectivity index (χ4v) is 3.64. The maximum atomic E-state index is 12.5.